The largest absolute Gasteiger partial charge is 0.393 e. The normalized spacial score (nSPS) is 31.1. The molecule has 1 aliphatic carbocycles. The van der Waals surface area contributed by atoms with Crippen molar-refractivity contribution < 1.29 is 9.90 Å². The molecule has 1 unspecified atom stereocenters. The molecule has 2 fully saturated rings. The summed E-state index contributed by atoms with van der Waals surface area (Å²) in [6.45, 7) is 3.82. The third kappa shape index (κ3) is 3.69. The number of nitrogens with zero attached hydrogens (tertiary/aromatic N) is 1. The minimum atomic E-state index is -0.129. The van der Waals surface area contributed by atoms with Crippen molar-refractivity contribution in [3.8, 4) is 0 Å². The summed E-state index contributed by atoms with van der Waals surface area (Å²) in [4.78, 5) is 14.2. The topological polar surface area (TPSA) is 52.6 Å². The Morgan fingerprint density at radius 1 is 1.17 bits per heavy atom. The molecule has 2 N–H and O–H groups in total. The predicted molar refractivity (Wildman–Crippen MR) is 71.3 cm³/mol. The molecule has 0 bridgehead atoms. The lowest BCUT2D eigenvalue weighted by Gasteiger charge is -2.33. The highest BCUT2D eigenvalue weighted by Gasteiger charge is 2.26. The molecule has 18 heavy (non-hydrogen) atoms. The number of hydrogen-bond acceptors (Lipinski definition) is 3. The molecular weight excluding hydrogens is 228 g/mol. The Kier molecular flexibility index (Phi) is 5.01. The Morgan fingerprint density at radius 3 is 2.39 bits per heavy atom. The molecule has 0 aromatic heterocycles. The second-order valence-corrected chi connectivity index (χ2v) is 5.78. The minimum absolute atomic E-state index is 0.0802. The summed E-state index contributed by atoms with van der Waals surface area (Å²) < 4.78 is 0. The van der Waals surface area contributed by atoms with Gasteiger partial charge in [-0.2, -0.15) is 0 Å². The van der Waals surface area contributed by atoms with E-state index in [0.29, 0.717) is 6.04 Å². The Labute approximate surface area is 110 Å². The summed E-state index contributed by atoms with van der Waals surface area (Å²) in [5.41, 5.74) is 0. The highest BCUT2D eigenvalue weighted by molar-refractivity contribution is 5.81. The van der Waals surface area contributed by atoms with Crippen molar-refractivity contribution in [1.82, 2.24) is 10.2 Å². The molecule has 4 heteroatoms. The molecule has 1 saturated heterocycles. The number of rotatable bonds is 3. The summed E-state index contributed by atoms with van der Waals surface area (Å²) in [5.74, 6) is 0.251. The maximum Gasteiger partial charge on any atom is 0.239 e. The van der Waals surface area contributed by atoms with E-state index in [0.717, 1.165) is 51.6 Å². The molecular formula is C14H26N2O2. The van der Waals surface area contributed by atoms with Gasteiger partial charge in [-0.3, -0.25) is 4.79 Å². The maximum absolute atomic E-state index is 12.3. The molecule has 104 valence electrons. The summed E-state index contributed by atoms with van der Waals surface area (Å²) in [6.07, 6.45) is 7.12. The third-order valence-electron chi connectivity index (χ3n) is 4.22. The average molecular weight is 254 g/mol. The van der Waals surface area contributed by atoms with Crippen LogP contribution in [-0.2, 0) is 4.79 Å². The number of nitrogens with one attached hydrogen (secondary N) is 1. The molecule has 0 radical (unpaired) electrons. The van der Waals surface area contributed by atoms with Crippen LogP contribution < -0.4 is 5.32 Å². The van der Waals surface area contributed by atoms with Crippen LogP contribution >= 0.6 is 0 Å². The fourth-order valence-electron chi connectivity index (χ4n) is 3.06. The fourth-order valence-corrected chi connectivity index (χ4v) is 3.06. The predicted octanol–water partition coefficient (Wildman–Crippen LogP) is 1.28. The number of likely N-dealkylation sites (tertiary alicyclic amines) is 1. The van der Waals surface area contributed by atoms with Gasteiger partial charge in [0.1, 0.15) is 0 Å². The van der Waals surface area contributed by atoms with E-state index in [1.54, 1.807) is 0 Å². The number of hydrogen-bond donors (Lipinski definition) is 2. The first-order valence-corrected chi connectivity index (χ1v) is 7.39. The summed E-state index contributed by atoms with van der Waals surface area (Å²) in [5, 5.41) is 12.9. The summed E-state index contributed by atoms with van der Waals surface area (Å²) in [6, 6.07) is 0.320. The monoisotopic (exact) mass is 254 g/mol. The number of aliphatic hydroxyl groups excluding tert-OH is 1. The van der Waals surface area contributed by atoms with Crippen LogP contribution in [0, 0.1) is 0 Å². The van der Waals surface area contributed by atoms with Gasteiger partial charge >= 0.3 is 0 Å². The molecule has 0 spiro atoms. The molecule has 0 aromatic rings. The Balaban J connectivity index is 1.76. The SMILES string of the molecule is CC(NC1CCC(O)CC1)C(=O)N1CCCCC1. The van der Waals surface area contributed by atoms with Crippen LogP contribution in [0.15, 0.2) is 0 Å². The van der Waals surface area contributed by atoms with Crippen LogP contribution in [0.2, 0.25) is 0 Å². The average Bonchev–Trinajstić information content (AvgIpc) is 2.41. The van der Waals surface area contributed by atoms with Crippen LogP contribution in [0.25, 0.3) is 0 Å². The van der Waals surface area contributed by atoms with Crippen LogP contribution in [0.3, 0.4) is 0 Å². The third-order valence-corrected chi connectivity index (χ3v) is 4.22. The highest BCUT2D eigenvalue weighted by atomic mass is 16.3. The van der Waals surface area contributed by atoms with Crippen molar-refractivity contribution in [2.75, 3.05) is 13.1 Å². The van der Waals surface area contributed by atoms with Gasteiger partial charge in [0.15, 0.2) is 0 Å². The molecule has 0 aromatic carbocycles. The zero-order valence-electron chi connectivity index (χ0n) is 11.4. The number of amides is 1. The summed E-state index contributed by atoms with van der Waals surface area (Å²) in [7, 11) is 0. The first-order chi connectivity index (χ1) is 8.66. The lowest BCUT2D eigenvalue weighted by molar-refractivity contribution is -0.134. The first-order valence-electron chi connectivity index (χ1n) is 7.39. The van der Waals surface area contributed by atoms with Crippen molar-refractivity contribution in [3.05, 3.63) is 0 Å². The molecule has 2 aliphatic rings. The van der Waals surface area contributed by atoms with E-state index in [4.69, 9.17) is 0 Å². The van der Waals surface area contributed by atoms with Gasteiger partial charge in [0.25, 0.3) is 0 Å². The zero-order valence-corrected chi connectivity index (χ0v) is 11.4. The minimum Gasteiger partial charge on any atom is -0.393 e. The van der Waals surface area contributed by atoms with E-state index in [2.05, 4.69) is 5.32 Å². The first kappa shape index (κ1) is 13.8. The lowest BCUT2D eigenvalue weighted by atomic mass is 9.92. The van der Waals surface area contributed by atoms with Crippen LogP contribution in [-0.4, -0.2) is 47.2 Å². The Bertz CT molecular complexity index is 269. The van der Waals surface area contributed by atoms with Gasteiger partial charge in [-0.05, 0) is 51.9 Å². The molecule has 4 nitrogen and oxygen atoms in total. The Morgan fingerprint density at radius 2 is 1.78 bits per heavy atom. The smallest absolute Gasteiger partial charge is 0.239 e. The highest BCUT2D eigenvalue weighted by Crippen LogP contribution is 2.19. The molecule has 1 heterocycles. The van der Waals surface area contributed by atoms with Crippen molar-refractivity contribution >= 4 is 5.91 Å². The van der Waals surface area contributed by atoms with E-state index >= 15 is 0 Å². The molecule has 1 aliphatic heterocycles. The van der Waals surface area contributed by atoms with Gasteiger partial charge in [-0.15, -0.1) is 0 Å². The number of piperidine rings is 1. The van der Waals surface area contributed by atoms with Crippen molar-refractivity contribution in [3.63, 3.8) is 0 Å². The van der Waals surface area contributed by atoms with Gasteiger partial charge in [-0.1, -0.05) is 0 Å². The lowest BCUT2D eigenvalue weighted by Crippen LogP contribution is -2.50. The van der Waals surface area contributed by atoms with Gasteiger partial charge in [0, 0.05) is 19.1 Å². The zero-order chi connectivity index (χ0) is 13.0. The fraction of sp³-hybridized carbons (Fsp3) is 0.929. The molecule has 1 atom stereocenters. The van der Waals surface area contributed by atoms with Crippen LogP contribution in [0.4, 0.5) is 0 Å². The van der Waals surface area contributed by atoms with E-state index in [1.807, 2.05) is 11.8 Å². The van der Waals surface area contributed by atoms with Crippen LogP contribution in [0.1, 0.15) is 51.9 Å². The maximum atomic E-state index is 12.3. The quantitative estimate of drug-likeness (QED) is 0.798. The van der Waals surface area contributed by atoms with Crippen molar-refractivity contribution in [2.45, 2.75) is 70.1 Å². The van der Waals surface area contributed by atoms with Gasteiger partial charge in [-0.25, -0.2) is 0 Å². The van der Waals surface area contributed by atoms with E-state index in [9.17, 15) is 9.90 Å². The van der Waals surface area contributed by atoms with Gasteiger partial charge in [0.2, 0.25) is 5.91 Å². The molecule has 2 rings (SSSR count). The van der Waals surface area contributed by atoms with Crippen molar-refractivity contribution in [2.24, 2.45) is 0 Å². The van der Waals surface area contributed by atoms with E-state index in [1.165, 1.54) is 6.42 Å². The Hall–Kier alpha value is -0.610. The van der Waals surface area contributed by atoms with Crippen LogP contribution in [0.5, 0.6) is 0 Å². The number of aliphatic hydroxyl groups is 1. The number of carbonyl (C=O) groups excluding carboxylic acids is 1. The second kappa shape index (κ2) is 6.53. The van der Waals surface area contributed by atoms with E-state index in [-0.39, 0.29) is 18.1 Å². The molecule has 1 amide bonds. The van der Waals surface area contributed by atoms with Gasteiger partial charge < -0.3 is 15.3 Å². The van der Waals surface area contributed by atoms with E-state index < -0.39 is 0 Å². The van der Waals surface area contributed by atoms with Crippen molar-refractivity contribution in [1.29, 1.82) is 0 Å². The second-order valence-electron chi connectivity index (χ2n) is 5.78. The van der Waals surface area contributed by atoms with Gasteiger partial charge in [0.05, 0.1) is 12.1 Å². The number of carbonyl (C=O) groups is 1. The molecule has 1 saturated carbocycles. The standard InChI is InChI=1S/C14H26N2O2/c1-11(14(18)16-9-3-2-4-10-16)15-12-5-7-13(17)8-6-12/h11-13,15,17H,2-10H2,1H3. The summed E-state index contributed by atoms with van der Waals surface area (Å²) >= 11 is 0.